The minimum atomic E-state index is -3.79. The predicted molar refractivity (Wildman–Crippen MR) is 108 cm³/mol. The van der Waals surface area contributed by atoms with Crippen molar-refractivity contribution in [2.24, 2.45) is 0 Å². The summed E-state index contributed by atoms with van der Waals surface area (Å²) in [5.41, 5.74) is 2.95. The van der Waals surface area contributed by atoms with E-state index in [9.17, 15) is 13.2 Å². The molecule has 0 bridgehead atoms. The summed E-state index contributed by atoms with van der Waals surface area (Å²) in [4.78, 5) is 12.5. The topological polar surface area (TPSA) is 75.3 Å². The van der Waals surface area contributed by atoms with Gasteiger partial charge in [0.05, 0.1) is 10.9 Å². The number of carbonyl (C=O) groups is 1. The van der Waals surface area contributed by atoms with Gasteiger partial charge in [-0.1, -0.05) is 17.7 Å². The van der Waals surface area contributed by atoms with Crippen LogP contribution in [0, 0.1) is 24.3 Å². The third-order valence-electron chi connectivity index (χ3n) is 3.71. The van der Waals surface area contributed by atoms with Crippen molar-refractivity contribution in [3.63, 3.8) is 0 Å². The molecule has 0 heterocycles. The molecule has 0 spiro atoms. The minimum absolute atomic E-state index is 0.229. The maximum absolute atomic E-state index is 12.7. The summed E-state index contributed by atoms with van der Waals surface area (Å²) in [6.45, 7) is 6.95. The number of benzene rings is 2. The Labute approximate surface area is 162 Å². The Morgan fingerprint density at radius 3 is 2.08 bits per heavy atom. The van der Waals surface area contributed by atoms with Crippen LogP contribution in [0.5, 0.6) is 0 Å². The molecular weight excluding hydrogens is 451 g/mol. The van der Waals surface area contributed by atoms with Gasteiger partial charge in [0.25, 0.3) is 0 Å². The Bertz CT molecular complexity index is 870. The molecule has 1 amide bonds. The van der Waals surface area contributed by atoms with Crippen molar-refractivity contribution in [3.05, 3.63) is 56.7 Å². The van der Waals surface area contributed by atoms with Crippen molar-refractivity contribution >= 4 is 44.2 Å². The molecule has 0 aromatic heterocycles. The molecule has 0 fully saturated rings. The molecule has 2 rings (SSSR count). The van der Waals surface area contributed by atoms with E-state index in [1.165, 1.54) is 6.92 Å². The monoisotopic (exact) mass is 472 g/mol. The number of sulfonamides is 1. The third-order valence-corrected chi connectivity index (χ3v) is 6.27. The van der Waals surface area contributed by atoms with Crippen molar-refractivity contribution in [2.45, 2.75) is 38.6 Å². The number of amides is 1. The first-order valence-electron chi connectivity index (χ1n) is 7.77. The molecule has 5 nitrogen and oxygen atoms in total. The summed E-state index contributed by atoms with van der Waals surface area (Å²) in [7, 11) is -3.79. The second-order valence-corrected chi connectivity index (χ2v) is 8.96. The Kier molecular flexibility index (Phi) is 6.23. The van der Waals surface area contributed by atoms with Crippen molar-refractivity contribution in [1.82, 2.24) is 4.72 Å². The predicted octanol–water partition coefficient (Wildman–Crippen LogP) is 3.52. The average molecular weight is 472 g/mol. The Morgan fingerprint density at radius 2 is 1.56 bits per heavy atom. The minimum Gasteiger partial charge on any atom is -0.325 e. The highest BCUT2D eigenvalue weighted by molar-refractivity contribution is 14.1. The molecule has 1 atom stereocenters. The maximum atomic E-state index is 12.7. The zero-order valence-electron chi connectivity index (χ0n) is 14.6. The highest BCUT2D eigenvalue weighted by Gasteiger charge is 2.25. The molecular formula is C18H21IN2O3S. The van der Waals surface area contributed by atoms with Crippen molar-refractivity contribution in [3.8, 4) is 0 Å². The SMILES string of the molecule is Cc1cc(C)c(S(=O)(=O)NC(C)C(=O)Nc2ccc(I)cc2)c(C)c1. The zero-order valence-corrected chi connectivity index (χ0v) is 17.5. The third kappa shape index (κ3) is 5.02. The number of aryl methyl sites for hydroxylation is 3. The van der Waals surface area contributed by atoms with Gasteiger partial charge in [-0.15, -0.1) is 0 Å². The van der Waals surface area contributed by atoms with Crippen LogP contribution in [0.1, 0.15) is 23.6 Å². The lowest BCUT2D eigenvalue weighted by Crippen LogP contribution is -2.41. The van der Waals surface area contributed by atoms with E-state index in [2.05, 4.69) is 32.6 Å². The lowest BCUT2D eigenvalue weighted by molar-refractivity contribution is -0.117. The second-order valence-electron chi connectivity index (χ2n) is 6.07. The smallest absolute Gasteiger partial charge is 0.242 e. The van der Waals surface area contributed by atoms with Gasteiger partial charge in [0.1, 0.15) is 0 Å². The summed E-state index contributed by atoms with van der Waals surface area (Å²) in [5, 5.41) is 2.71. The summed E-state index contributed by atoms with van der Waals surface area (Å²) in [6.07, 6.45) is 0. The van der Waals surface area contributed by atoms with Gasteiger partial charge in [-0.2, -0.15) is 4.72 Å². The van der Waals surface area contributed by atoms with Crippen LogP contribution >= 0.6 is 22.6 Å². The van der Waals surface area contributed by atoms with Crippen molar-refractivity contribution in [1.29, 1.82) is 0 Å². The highest BCUT2D eigenvalue weighted by atomic mass is 127. The molecule has 0 radical (unpaired) electrons. The molecule has 2 aromatic carbocycles. The van der Waals surface area contributed by atoms with Crippen LogP contribution in [0.15, 0.2) is 41.3 Å². The van der Waals surface area contributed by atoms with Gasteiger partial charge in [0.15, 0.2) is 0 Å². The number of carbonyl (C=O) groups excluding carboxylic acids is 1. The summed E-state index contributed by atoms with van der Waals surface area (Å²) in [5.74, 6) is -0.410. The quantitative estimate of drug-likeness (QED) is 0.655. The van der Waals surface area contributed by atoms with Gasteiger partial charge in [-0.25, -0.2) is 8.42 Å². The Balaban J connectivity index is 2.17. The molecule has 0 aliphatic rings. The van der Waals surface area contributed by atoms with Crippen LogP contribution in [0.3, 0.4) is 0 Å². The standard InChI is InChI=1S/C18H21IN2O3S/c1-11-9-12(2)17(13(3)10-11)25(23,24)21-14(4)18(22)20-16-7-5-15(19)6-8-16/h5-10,14,21H,1-4H3,(H,20,22). The Morgan fingerprint density at radius 1 is 1.04 bits per heavy atom. The molecule has 2 aromatic rings. The molecule has 1 unspecified atom stereocenters. The summed E-state index contributed by atoms with van der Waals surface area (Å²) in [6, 6.07) is 10.0. The van der Waals surface area contributed by atoms with E-state index in [0.717, 1.165) is 9.13 Å². The first-order chi connectivity index (χ1) is 11.6. The maximum Gasteiger partial charge on any atom is 0.242 e. The number of halogens is 1. The lowest BCUT2D eigenvalue weighted by atomic mass is 10.1. The van der Waals surface area contributed by atoms with Crippen LogP contribution in [0.25, 0.3) is 0 Å². The second kappa shape index (κ2) is 7.84. The Hall–Kier alpha value is -1.45. The fraction of sp³-hybridized carbons (Fsp3) is 0.278. The molecule has 0 saturated carbocycles. The normalized spacial score (nSPS) is 12.7. The molecule has 0 aliphatic carbocycles. The van der Waals surface area contributed by atoms with Crippen LogP contribution < -0.4 is 10.0 Å². The molecule has 134 valence electrons. The molecule has 7 heteroatoms. The largest absolute Gasteiger partial charge is 0.325 e. The van der Waals surface area contributed by atoms with Gasteiger partial charge in [0.2, 0.25) is 15.9 Å². The van der Waals surface area contributed by atoms with Gasteiger partial charge >= 0.3 is 0 Å². The number of rotatable bonds is 5. The van der Waals surface area contributed by atoms with Gasteiger partial charge in [-0.3, -0.25) is 4.79 Å². The number of nitrogens with one attached hydrogen (secondary N) is 2. The lowest BCUT2D eigenvalue weighted by Gasteiger charge is -2.17. The van der Waals surface area contributed by atoms with E-state index in [1.54, 1.807) is 26.0 Å². The first-order valence-corrected chi connectivity index (χ1v) is 10.3. The van der Waals surface area contributed by atoms with Gasteiger partial charge in [0, 0.05) is 9.26 Å². The summed E-state index contributed by atoms with van der Waals surface area (Å²) >= 11 is 2.17. The van der Waals surface area contributed by atoms with Crippen LogP contribution in [-0.4, -0.2) is 20.4 Å². The van der Waals surface area contributed by atoms with E-state index < -0.39 is 22.0 Å². The van der Waals surface area contributed by atoms with E-state index in [4.69, 9.17) is 0 Å². The molecule has 0 saturated heterocycles. The van der Waals surface area contributed by atoms with Gasteiger partial charge in [-0.05, 0) is 85.7 Å². The van der Waals surface area contributed by atoms with Crippen LogP contribution in [0.2, 0.25) is 0 Å². The van der Waals surface area contributed by atoms with Crippen molar-refractivity contribution < 1.29 is 13.2 Å². The highest BCUT2D eigenvalue weighted by Crippen LogP contribution is 2.22. The van der Waals surface area contributed by atoms with E-state index in [0.29, 0.717) is 16.8 Å². The zero-order chi connectivity index (χ0) is 18.8. The number of anilines is 1. The van der Waals surface area contributed by atoms with Gasteiger partial charge < -0.3 is 5.32 Å². The van der Waals surface area contributed by atoms with Crippen LogP contribution in [0.4, 0.5) is 5.69 Å². The first kappa shape index (κ1) is 19.9. The molecule has 0 aliphatic heterocycles. The van der Waals surface area contributed by atoms with E-state index in [-0.39, 0.29) is 4.90 Å². The van der Waals surface area contributed by atoms with E-state index in [1.807, 2.05) is 31.2 Å². The van der Waals surface area contributed by atoms with Crippen molar-refractivity contribution in [2.75, 3.05) is 5.32 Å². The number of hydrogen-bond acceptors (Lipinski definition) is 3. The molecule has 2 N–H and O–H groups in total. The summed E-state index contributed by atoms with van der Waals surface area (Å²) < 4.78 is 28.9. The fourth-order valence-corrected chi connectivity index (χ4v) is 4.74. The average Bonchev–Trinajstić information content (AvgIpc) is 2.47. The fourth-order valence-electron chi connectivity index (χ4n) is 2.72. The molecule has 25 heavy (non-hydrogen) atoms. The number of hydrogen-bond donors (Lipinski definition) is 2. The van der Waals surface area contributed by atoms with Crippen LogP contribution in [-0.2, 0) is 14.8 Å². The van der Waals surface area contributed by atoms with E-state index >= 15 is 0 Å².